The van der Waals surface area contributed by atoms with Crippen LogP contribution in [0, 0.1) is 5.92 Å². The van der Waals surface area contributed by atoms with E-state index in [0.717, 1.165) is 30.4 Å². The van der Waals surface area contributed by atoms with Gasteiger partial charge in [-0.2, -0.15) is 0 Å². The minimum absolute atomic E-state index is 0.331. The molecule has 0 unspecified atom stereocenters. The molecule has 2 aromatic carbocycles. The van der Waals surface area contributed by atoms with E-state index in [0.29, 0.717) is 15.7 Å². The van der Waals surface area contributed by atoms with Gasteiger partial charge in [-0.05, 0) is 55.2 Å². The second-order valence-electron chi connectivity index (χ2n) is 6.46. The van der Waals surface area contributed by atoms with Crippen LogP contribution in [0.4, 0.5) is 21.9 Å². The van der Waals surface area contributed by atoms with Crippen LogP contribution in [0.3, 0.4) is 0 Å². The molecule has 0 spiro atoms. The highest BCUT2D eigenvalue weighted by molar-refractivity contribution is 6.35. The topological polar surface area (TPSA) is 44.4 Å². The number of benzene rings is 2. The first-order valence-electron chi connectivity index (χ1n) is 8.39. The first kappa shape index (κ1) is 17.9. The molecule has 0 radical (unpaired) electrons. The van der Waals surface area contributed by atoms with Gasteiger partial charge in [0.2, 0.25) is 0 Å². The standard InChI is InChI=1S/C19H21Cl2N3O/c1-13-5-7-24(8-6-13)18-4-2-3-16(12-18)22-19(25)23-17-10-14(20)9-15(21)11-17/h2-4,9-13H,5-8H2,1H3,(H2,22,23,25). The molecule has 0 atom stereocenters. The van der Waals surface area contributed by atoms with E-state index in [1.54, 1.807) is 18.2 Å². The molecule has 1 heterocycles. The molecule has 0 aromatic heterocycles. The van der Waals surface area contributed by atoms with E-state index in [1.165, 1.54) is 12.8 Å². The van der Waals surface area contributed by atoms with Crippen molar-refractivity contribution < 1.29 is 4.79 Å². The predicted octanol–water partition coefficient (Wildman–Crippen LogP) is 5.87. The van der Waals surface area contributed by atoms with Crippen molar-refractivity contribution in [3.63, 3.8) is 0 Å². The summed E-state index contributed by atoms with van der Waals surface area (Å²) in [5.41, 5.74) is 2.44. The normalized spacial score (nSPS) is 15.1. The number of anilines is 3. The molecule has 2 aromatic rings. The van der Waals surface area contributed by atoms with Crippen molar-refractivity contribution in [1.82, 2.24) is 0 Å². The van der Waals surface area contributed by atoms with E-state index in [-0.39, 0.29) is 6.03 Å². The SMILES string of the molecule is CC1CCN(c2cccc(NC(=O)Nc3cc(Cl)cc(Cl)c3)c2)CC1. The van der Waals surface area contributed by atoms with Gasteiger partial charge >= 0.3 is 6.03 Å². The number of carbonyl (C=O) groups is 1. The Balaban J connectivity index is 1.64. The lowest BCUT2D eigenvalue weighted by Crippen LogP contribution is -2.32. The molecule has 0 bridgehead atoms. The Morgan fingerprint density at radius 2 is 1.64 bits per heavy atom. The fraction of sp³-hybridized carbons (Fsp3) is 0.316. The second kappa shape index (κ2) is 7.98. The van der Waals surface area contributed by atoms with Crippen molar-refractivity contribution in [1.29, 1.82) is 0 Å². The van der Waals surface area contributed by atoms with Gasteiger partial charge in [0, 0.05) is 40.2 Å². The maximum absolute atomic E-state index is 12.2. The van der Waals surface area contributed by atoms with Crippen molar-refractivity contribution in [2.75, 3.05) is 28.6 Å². The van der Waals surface area contributed by atoms with Crippen LogP contribution >= 0.6 is 23.2 Å². The number of carbonyl (C=O) groups excluding carboxylic acids is 1. The highest BCUT2D eigenvalue weighted by atomic mass is 35.5. The smallest absolute Gasteiger partial charge is 0.323 e. The minimum atomic E-state index is -0.331. The summed E-state index contributed by atoms with van der Waals surface area (Å²) in [5.74, 6) is 0.785. The zero-order valence-corrected chi connectivity index (χ0v) is 15.6. The number of rotatable bonds is 3. The van der Waals surface area contributed by atoms with Gasteiger partial charge in [-0.25, -0.2) is 4.79 Å². The van der Waals surface area contributed by atoms with Crippen LogP contribution < -0.4 is 15.5 Å². The van der Waals surface area contributed by atoms with Crippen LogP contribution in [0.1, 0.15) is 19.8 Å². The summed E-state index contributed by atoms with van der Waals surface area (Å²) < 4.78 is 0. The fourth-order valence-electron chi connectivity index (χ4n) is 2.97. The van der Waals surface area contributed by atoms with Gasteiger partial charge in [-0.3, -0.25) is 0 Å². The molecular formula is C19H21Cl2N3O. The van der Waals surface area contributed by atoms with Crippen LogP contribution in [0.5, 0.6) is 0 Å². The van der Waals surface area contributed by atoms with E-state index in [2.05, 4.69) is 28.5 Å². The molecule has 25 heavy (non-hydrogen) atoms. The van der Waals surface area contributed by atoms with Gasteiger partial charge in [0.05, 0.1) is 0 Å². The maximum atomic E-state index is 12.2. The number of nitrogens with one attached hydrogen (secondary N) is 2. The Bertz CT molecular complexity index is 738. The van der Waals surface area contributed by atoms with E-state index >= 15 is 0 Å². The Morgan fingerprint density at radius 1 is 1.00 bits per heavy atom. The van der Waals surface area contributed by atoms with E-state index in [9.17, 15) is 4.79 Å². The zero-order chi connectivity index (χ0) is 17.8. The molecule has 4 nitrogen and oxygen atoms in total. The summed E-state index contributed by atoms with van der Waals surface area (Å²) in [5, 5.41) is 6.55. The highest BCUT2D eigenvalue weighted by Crippen LogP contribution is 2.26. The third kappa shape index (κ3) is 5.03. The number of hydrogen-bond acceptors (Lipinski definition) is 2. The molecule has 0 aliphatic carbocycles. The lowest BCUT2D eigenvalue weighted by molar-refractivity contribution is 0.262. The summed E-state index contributed by atoms with van der Waals surface area (Å²) in [6.07, 6.45) is 2.40. The first-order chi connectivity index (χ1) is 12.0. The second-order valence-corrected chi connectivity index (χ2v) is 7.33. The lowest BCUT2D eigenvalue weighted by atomic mass is 9.99. The number of piperidine rings is 1. The Kier molecular flexibility index (Phi) is 5.71. The Hall–Kier alpha value is -1.91. The van der Waals surface area contributed by atoms with Crippen LogP contribution in [0.2, 0.25) is 10.0 Å². The van der Waals surface area contributed by atoms with E-state index in [1.807, 2.05) is 18.2 Å². The van der Waals surface area contributed by atoms with Crippen LogP contribution in [0.25, 0.3) is 0 Å². The third-order valence-corrected chi connectivity index (χ3v) is 4.81. The minimum Gasteiger partial charge on any atom is -0.371 e. The summed E-state index contributed by atoms with van der Waals surface area (Å²) in [6, 6.07) is 12.5. The molecule has 132 valence electrons. The van der Waals surface area contributed by atoms with E-state index in [4.69, 9.17) is 23.2 Å². The molecule has 1 aliphatic heterocycles. The van der Waals surface area contributed by atoms with Gasteiger partial charge in [0.25, 0.3) is 0 Å². The van der Waals surface area contributed by atoms with Crippen molar-refractivity contribution in [2.24, 2.45) is 5.92 Å². The lowest BCUT2D eigenvalue weighted by Gasteiger charge is -2.32. The highest BCUT2D eigenvalue weighted by Gasteiger charge is 2.16. The van der Waals surface area contributed by atoms with Gasteiger partial charge in [-0.15, -0.1) is 0 Å². The molecule has 2 N–H and O–H groups in total. The number of nitrogens with zero attached hydrogens (tertiary/aromatic N) is 1. The predicted molar refractivity (Wildman–Crippen MR) is 106 cm³/mol. The monoisotopic (exact) mass is 377 g/mol. The maximum Gasteiger partial charge on any atom is 0.323 e. The van der Waals surface area contributed by atoms with Crippen LogP contribution in [-0.4, -0.2) is 19.1 Å². The van der Waals surface area contributed by atoms with Gasteiger partial charge < -0.3 is 15.5 Å². The van der Waals surface area contributed by atoms with Crippen LogP contribution in [0.15, 0.2) is 42.5 Å². The van der Waals surface area contributed by atoms with Gasteiger partial charge in [0.1, 0.15) is 0 Å². The van der Waals surface area contributed by atoms with Crippen molar-refractivity contribution in [2.45, 2.75) is 19.8 Å². The molecule has 2 amide bonds. The summed E-state index contributed by atoms with van der Waals surface area (Å²) in [4.78, 5) is 14.6. The summed E-state index contributed by atoms with van der Waals surface area (Å²) >= 11 is 11.9. The van der Waals surface area contributed by atoms with Gasteiger partial charge in [0.15, 0.2) is 0 Å². The zero-order valence-electron chi connectivity index (χ0n) is 14.1. The van der Waals surface area contributed by atoms with Crippen molar-refractivity contribution in [3.05, 3.63) is 52.5 Å². The summed E-state index contributed by atoms with van der Waals surface area (Å²) in [7, 11) is 0. The van der Waals surface area contributed by atoms with Gasteiger partial charge in [-0.1, -0.05) is 36.2 Å². The fourth-order valence-corrected chi connectivity index (χ4v) is 3.49. The first-order valence-corrected chi connectivity index (χ1v) is 9.14. The molecule has 1 aliphatic rings. The largest absolute Gasteiger partial charge is 0.371 e. The Morgan fingerprint density at radius 3 is 2.32 bits per heavy atom. The molecule has 0 saturated carbocycles. The molecule has 6 heteroatoms. The number of halogens is 2. The molecule has 3 rings (SSSR count). The average molecular weight is 378 g/mol. The third-order valence-electron chi connectivity index (χ3n) is 4.37. The average Bonchev–Trinajstić information content (AvgIpc) is 2.54. The van der Waals surface area contributed by atoms with Crippen LogP contribution in [-0.2, 0) is 0 Å². The van der Waals surface area contributed by atoms with Crippen molar-refractivity contribution in [3.8, 4) is 0 Å². The van der Waals surface area contributed by atoms with E-state index < -0.39 is 0 Å². The molecular weight excluding hydrogens is 357 g/mol. The van der Waals surface area contributed by atoms with Crippen molar-refractivity contribution >= 4 is 46.3 Å². The Labute approximate surface area is 158 Å². The quantitative estimate of drug-likeness (QED) is 0.701. The summed E-state index contributed by atoms with van der Waals surface area (Å²) in [6.45, 7) is 4.40. The number of amides is 2. The number of hydrogen-bond donors (Lipinski definition) is 2. The molecule has 1 fully saturated rings. The molecule has 1 saturated heterocycles. The number of urea groups is 1.